The summed E-state index contributed by atoms with van der Waals surface area (Å²) >= 11 is 0. The van der Waals surface area contributed by atoms with Gasteiger partial charge < -0.3 is 9.47 Å². The molecular weight excluding hydrogens is 144 g/mol. The zero-order valence-corrected chi connectivity index (χ0v) is 6.84. The molecule has 0 aromatic carbocycles. The zero-order chi connectivity index (χ0) is 8.10. The minimum atomic E-state index is -0.187. The van der Waals surface area contributed by atoms with Crippen LogP contribution in [-0.4, -0.2) is 25.3 Å². The fourth-order valence-corrected chi connectivity index (χ4v) is 0.925. The second-order valence-corrected chi connectivity index (χ2v) is 2.79. The Morgan fingerprint density at radius 2 is 2.36 bits per heavy atom. The third-order valence-corrected chi connectivity index (χ3v) is 1.63. The lowest BCUT2D eigenvalue weighted by molar-refractivity contribution is -0.141. The number of carbonyl (C=O) groups is 1. The maximum absolute atomic E-state index is 10.3. The average Bonchev–Trinajstić information content (AvgIpc) is 2.70. The van der Waals surface area contributed by atoms with Crippen molar-refractivity contribution in [2.45, 2.75) is 32.3 Å². The molecule has 0 spiro atoms. The molecule has 0 N–H and O–H groups in total. The van der Waals surface area contributed by atoms with Crippen LogP contribution < -0.4 is 0 Å². The lowest BCUT2D eigenvalue weighted by atomic mass is 10.2. The lowest BCUT2D eigenvalue weighted by Crippen LogP contribution is -2.00. The Labute approximate surface area is 66.7 Å². The first-order chi connectivity index (χ1) is 5.29. The fraction of sp³-hybridized carbons (Fsp3) is 0.875. The van der Waals surface area contributed by atoms with E-state index in [1.54, 1.807) is 0 Å². The highest BCUT2D eigenvalue weighted by atomic mass is 16.6. The standard InChI is InChI=1S/C8H14O3/c1-7(9)10-5-3-2-4-8-6-11-8/h8H,2-6H2,1H3/t8-/m0/s1. The van der Waals surface area contributed by atoms with Crippen molar-refractivity contribution in [1.29, 1.82) is 0 Å². The molecular formula is C8H14O3. The summed E-state index contributed by atoms with van der Waals surface area (Å²) in [5, 5.41) is 0. The second-order valence-electron chi connectivity index (χ2n) is 2.79. The van der Waals surface area contributed by atoms with Crippen molar-refractivity contribution in [3.63, 3.8) is 0 Å². The summed E-state index contributed by atoms with van der Waals surface area (Å²) in [7, 11) is 0. The summed E-state index contributed by atoms with van der Waals surface area (Å²) in [6.45, 7) is 2.92. The number of rotatable bonds is 5. The Morgan fingerprint density at radius 1 is 1.64 bits per heavy atom. The smallest absolute Gasteiger partial charge is 0.302 e. The predicted octanol–water partition coefficient (Wildman–Crippen LogP) is 1.12. The van der Waals surface area contributed by atoms with Gasteiger partial charge in [0.25, 0.3) is 0 Å². The van der Waals surface area contributed by atoms with E-state index in [-0.39, 0.29) is 5.97 Å². The van der Waals surface area contributed by atoms with Gasteiger partial charge in [-0.05, 0) is 19.3 Å². The molecule has 3 nitrogen and oxygen atoms in total. The molecule has 0 amide bonds. The van der Waals surface area contributed by atoms with Crippen LogP contribution in [0.3, 0.4) is 0 Å². The lowest BCUT2D eigenvalue weighted by Gasteiger charge is -1.99. The van der Waals surface area contributed by atoms with Crippen molar-refractivity contribution < 1.29 is 14.3 Å². The Hall–Kier alpha value is -0.570. The minimum Gasteiger partial charge on any atom is -0.466 e. The van der Waals surface area contributed by atoms with Crippen LogP contribution in [0.4, 0.5) is 0 Å². The van der Waals surface area contributed by atoms with E-state index in [1.807, 2.05) is 0 Å². The van der Waals surface area contributed by atoms with E-state index >= 15 is 0 Å². The predicted molar refractivity (Wildman–Crippen MR) is 40.2 cm³/mol. The molecule has 1 saturated heterocycles. The molecule has 1 rings (SSSR count). The summed E-state index contributed by atoms with van der Waals surface area (Å²) in [5.74, 6) is -0.187. The van der Waals surface area contributed by atoms with Crippen molar-refractivity contribution in [3.8, 4) is 0 Å². The first kappa shape index (κ1) is 8.53. The van der Waals surface area contributed by atoms with Gasteiger partial charge in [-0.25, -0.2) is 0 Å². The Kier molecular flexibility index (Phi) is 3.36. The van der Waals surface area contributed by atoms with Gasteiger partial charge in [0.05, 0.1) is 19.3 Å². The molecule has 0 radical (unpaired) electrons. The summed E-state index contributed by atoms with van der Waals surface area (Å²) in [6, 6.07) is 0. The van der Waals surface area contributed by atoms with Crippen molar-refractivity contribution >= 4 is 5.97 Å². The van der Waals surface area contributed by atoms with Crippen molar-refractivity contribution in [1.82, 2.24) is 0 Å². The molecule has 1 fully saturated rings. The van der Waals surface area contributed by atoms with Gasteiger partial charge >= 0.3 is 5.97 Å². The van der Waals surface area contributed by atoms with Crippen LogP contribution in [0.5, 0.6) is 0 Å². The van der Waals surface area contributed by atoms with Gasteiger partial charge in [-0.2, -0.15) is 0 Å². The fourth-order valence-electron chi connectivity index (χ4n) is 0.925. The largest absolute Gasteiger partial charge is 0.466 e. The first-order valence-electron chi connectivity index (χ1n) is 4.04. The summed E-state index contributed by atoms with van der Waals surface area (Å²) in [6.07, 6.45) is 3.67. The Balaban J connectivity index is 1.76. The molecule has 0 unspecified atom stereocenters. The number of hydrogen-bond acceptors (Lipinski definition) is 3. The van der Waals surface area contributed by atoms with Gasteiger partial charge in [0.15, 0.2) is 0 Å². The molecule has 3 heteroatoms. The van der Waals surface area contributed by atoms with Crippen LogP contribution in [-0.2, 0) is 14.3 Å². The van der Waals surface area contributed by atoms with E-state index in [4.69, 9.17) is 9.47 Å². The van der Waals surface area contributed by atoms with Gasteiger partial charge in [0, 0.05) is 6.92 Å². The van der Waals surface area contributed by atoms with E-state index in [0.717, 1.165) is 25.9 Å². The molecule has 1 aliphatic heterocycles. The monoisotopic (exact) mass is 158 g/mol. The molecule has 11 heavy (non-hydrogen) atoms. The molecule has 1 aliphatic rings. The highest BCUT2D eigenvalue weighted by Gasteiger charge is 2.20. The second kappa shape index (κ2) is 4.34. The van der Waals surface area contributed by atoms with Crippen LogP contribution in [0.1, 0.15) is 26.2 Å². The van der Waals surface area contributed by atoms with E-state index in [0.29, 0.717) is 12.7 Å². The van der Waals surface area contributed by atoms with Gasteiger partial charge in [-0.15, -0.1) is 0 Å². The minimum absolute atomic E-state index is 0.187. The first-order valence-corrected chi connectivity index (χ1v) is 4.04. The molecule has 0 saturated carbocycles. The van der Waals surface area contributed by atoms with Gasteiger partial charge in [0.1, 0.15) is 0 Å². The third kappa shape index (κ3) is 4.79. The molecule has 0 aromatic rings. The van der Waals surface area contributed by atoms with E-state index in [1.165, 1.54) is 6.92 Å². The molecule has 1 heterocycles. The van der Waals surface area contributed by atoms with Crippen LogP contribution in [0.2, 0.25) is 0 Å². The van der Waals surface area contributed by atoms with Gasteiger partial charge in [0.2, 0.25) is 0 Å². The molecule has 64 valence electrons. The van der Waals surface area contributed by atoms with Crippen LogP contribution >= 0.6 is 0 Å². The average molecular weight is 158 g/mol. The summed E-state index contributed by atoms with van der Waals surface area (Å²) < 4.78 is 9.79. The van der Waals surface area contributed by atoms with Crippen LogP contribution in [0.15, 0.2) is 0 Å². The summed E-state index contributed by atoms with van der Waals surface area (Å²) in [5.41, 5.74) is 0. The van der Waals surface area contributed by atoms with Crippen LogP contribution in [0, 0.1) is 0 Å². The van der Waals surface area contributed by atoms with E-state index in [2.05, 4.69) is 0 Å². The quantitative estimate of drug-likeness (QED) is 0.342. The van der Waals surface area contributed by atoms with Gasteiger partial charge in [-0.1, -0.05) is 0 Å². The molecule has 1 atom stereocenters. The highest BCUT2D eigenvalue weighted by Crippen LogP contribution is 2.16. The van der Waals surface area contributed by atoms with Crippen molar-refractivity contribution in [2.75, 3.05) is 13.2 Å². The third-order valence-electron chi connectivity index (χ3n) is 1.63. The summed E-state index contributed by atoms with van der Waals surface area (Å²) in [4.78, 5) is 10.3. The molecule has 0 aromatic heterocycles. The molecule has 0 aliphatic carbocycles. The highest BCUT2D eigenvalue weighted by molar-refractivity contribution is 5.65. The number of hydrogen-bond donors (Lipinski definition) is 0. The van der Waals surface area contributed by atoms with E-state index in [9.17, 15) is 4.79 Å². The Morgan fingerprint density at radius 3 is 2.91 bits per heavy atom. The number of ether oxygens (including phenoxy) is 2. The maximum atomic E-state index is 10.3. The normalized spacial score (nSPS) is 21.4. The molecule has 0 bridgehead atoms. The van der Waals surface area contributed by atoms with Crippen molar-refractivity contribution in [2.24, 2.45) is 0 Å². The maximum Gasteiger partial charge on any atom is 0.302 e. The van der Waals surface area contributed by atoms with Crippen LogP contribution in [0.25, 0.3) is 0 Å². The van der Waals surface area contributed by atoms with Gasteiger partial charge in [-0.3, -0.25) is 4.79 Å². The number of epoxide rings is 1. The number of carbonyl (C=O) groups excluding carboxylic acids is 1. The van der Waals surface area contributed by atoms with Crippen molar-refractivity contribution in [3.05, 3.63) is 0 Å². The topological polar surface area (TPSA) is 38.8 Å². The van der Waals surface area contributed by atoms with E-state index < -0.39 is 0 Å². The zero-order valence-electron chi connectivity index (χ0n) is 6.84. The number of unbranched alkanes of at least 4 members (excludes halogenated alkanes) is 1. The SMILES string of the molecule is CC(=O)OCCCC[C@H]1CO1. The number of esters is 1. The Bertz CT molecular complexity index is 129.